The van der Waals surface area contributed by atoms with E-state index in [1.54, 1.807) is 0 Å². The Labute approximate surface area is 80.5 Å². The monoisotopic (exact) mass is 187 g/mol. The van der Waals surface area contributed by atoms with Crippen molar-refractivity contribution >= 4 is 5.91 Å². The molecule has 13 heavy (non-hydrogen) atoms. The Hall–Kier alpha value is -0.570. The van der Waals surface area contributed by atoms with Crippen LogP contribution in [0.25, 0.3) is 0 Å². The fraction of sp³-hybridized carbons (Fsp3) is 0.900. The van der Waals surface area contributed by atoms with Crippen molar-refractivity contribution in [1.82, 2.24) is 5.32 Å². The fourth-order valence-electron chi connectivity index (χ4n) is 1.11. The molecule has 0 heterocycles. The number of hydrogen-bond acceptors (Lipinski definition) is 2. The van der Waals surface area contributed by atoms with E-state index in [0.717, 1.165) is 25.7 Å². The van der Waals surface area contributed by atoms with E-state index in [4.69, 9.17) is 5.11 Å². The third-order valence-corrected chi connectivity index (χ3v) is 2.09. The summed E-state index contributed by atoms with van der Waals surface area (Å²) in [6.45, 7) is 4.10. The van der Waals surface area contributed by atoms with Crippen LogP contribution in [-0.4, -0.2) is 23.7 Å². The molecule has 0 saturated heterocycles. The highest BCUT2D eigenvalue weighted by Crippen LogP contribution is 1.99. The number of aliphatic hydroxyl groups is 1. The molecule has 78 valence electrons. The van der Waals surface area contributed by atoms with Crippen LogP contribution in [0.15, 0.2) is 0 Å². The molecule has 0 aromatic rings. The van der Waals surface area contributed by atoms with E-state index in [9.17, 15) is 4.79 Å². The fourth-order valence-corrected chi connectivity index (χ4v) is 1.11. The Morgan fingerprint density at radius 2 is 2.08 bits per heavy atom. The molecule has 2 N–H and O–H groups in total. The van der Waals surface area contributed by atoms with Crippen LogP contribution in [0.1, 0.15) is 46.0 Å². The summed E-state index contributed by atoms with van der Waals surface area (Å²) in [7, 11) is 0. The number of amides is 1. The largest absolute Gasteiger partial charge is 0.394 e. The smallest absolute Gasteiger partial charge is 0.220 e. The van der Waals surface area contributed by atoms with Gasteiger partial charge >= 0.3 is 0 Å². The molecule has 0 spiro atoms. The van der Waals surface area contributed by atoms with Gasteiger partial charge in [0.1, 0.15) is 0 Å². The lowest BCUT2D eigenvalue weighted by Crippen LogP contribution is -2.36. The van der Waals surface area contributed by atoms with Crippen molar-refractivity contribution in [3.8, 4) is 0 Å². The molecule has 3 heteroatoms. The average Bonchev–Trinajstić information content (AvgIpc) is 2.14. The van der Waals surface area contributed by atoms with Crippen molar-refractivity contribution in [2.75, 3.05) is 6.61 Å². The van der Waals surface area contributed by atoms with Gasteiger partial charge in [0.2, 0.25) is 5.91 Å². The van der Waals surface area contributed by atoms with E-state index < -0.39 is 0 Å². The van der Waals surface area contributed by atoms with Gasteiger partial charge in [-0.25, -0.2) is 0 Å². The molecule has 0 aliphatic rings. The summed E-state index contributed by atoms with van der Waals surface area (Å²) in [5, 5.41) is 11.6. The summed E-state index contributed by atoms with van der Waals surface area (Å²) < 4.78 is 0. The first-order valence-electron chi connectivity index (χ1n) is 5.14. The maximum Gasteiger partial charge on any atom is 0.220 e. The van der Waals surface area contributed by atoms with Crippen molar-refractivity contribution in [3.05, 3.63) is 0 Å². The van der Waals surface area contributed by atoms with Crippen LogP contribution < -0.4 is 5.32 Å². The van der Waals surface area contributed by atoms with Gasteiger partial charge in [0, 0.05) is 6.42 Å². The normalized spacial score (nSPS) is 12.5. The molecule has 0 radical (unpaired) electrons. The quantitative estimate of drug-likeness (QED) is 0.593. The van der Waals surface area contributed by atoms with Gasteiger partial charge in [0.25, 0.3) is 0 Å². The van der Waals surface area contributed by atoms with Gasteiger partial charge in [0.05, 0.1) is 12.6 Å². The second-order valence-electron chi connectivity index (χ2n) is 3.31. The number of nitrogens with one attached hydrogen (secondary N) is 1. The first-order valence-corrected chi connectivity index (χ1v) is 5.14. The highest BCUT2D eigenvalue weighted by molar-refractivity contribution is 5.76. The zero-order valence-electron chi connectivity index (χ0n) is 8.68. The predicted molar refractivity (Wildman–Crippen MR) is 53.4 cm³/mol. The third-order valence-electron chi connectivity index (χ3n) is 2.09. The molecular formula is C10H21NO2. The van der Waals surface area contributed by atoms with Crippen LogP contribution in [0, 0.1) is 0 Å². The van der Waals surface area contributed by atoms with Gasteiger partial charge in [-0.2, -0.15) is 0 Å². The standard InChI is InChI=1S/C10H21NO2/c1-3-5-6-7-10(13)11-9(4-2)8-12/h9,12H,3-8H2,1-2H3,(H,11,13). The van der Waals surface area contributed by atoms with E-state index in [1.807, 2.05) is 6.92 Å². The second-order valence-corrected chi connectivity index (χ2v) is 3.31. The minimum atomic E-state index is -0.0610. The lowest BCUT2D eigenvalue weighted by Gasteiger charge is -2.13. The summed E-state index contributed by atoms with van der Waals surface area (Å²) in [6.07, 6.45) is 4.55. The summed E-state index contributed by atoms with van der Waals surface area (Å²) in [6, 6.07) is -0.0610. The molecule has 0 aliphatic heterocycles. The molecule has 1 amide bonds. The minimum absolute atomic E-state index is 0.0377. The Balaban J connectivity index is 3.48. The van der Waals surface area contributed by atoms with Gasteiger partial charge in [-0.05, 0) is 12.8 Å². The highest BCUT2D eigenvalue weighted by Gasteiger charge is 2.07. The molecule has 0 bridgehead atoms. The number of carbonyl (C=O) groups excluding carboxylic acids is 1. The molecule has 0 aromatic carbocycles. The van der Waals surface area contributed by atoms with Crippen LogP contribution in [0.3, 0.4) is 0 Å². The van der Waals surface area contributed by atoms with Crippen molar-refractivity contribution < 1.29 is 9.90 Å². The van der Waals surface area contributed by atoms with Gasteiger partial charge < -0.3 is 10.4 Å². The Bertz CT molecular complexity index is 133. The van der Waals surface area contributed by atoms with Crippen LogP contribution in [0.5, 0.6) is 0 Å². The molecule has 0 aliphatic carbocycles. The Kier molecular flexibility index (Phi) is 7.69. The van der Waals surface area contributed by atoms with Crippen molar-refractivity contribution in [1.29, 1.82) is 0 Å². The molecule has 0 aromatic heterocycles. The third kappa shape index (κ3) is 6.58. The molecule has 1 atom stereocenters. The van der Waals surface area contributed by atoms with E-state index >= 15 is 0 Å². The van der Waals surface area contributed by atoms with Crippen LogP contribution in [-0.2, 0) is 4.79 Å². The Morgan fingerprint density at radius 1 is 1.38 bits per heavy atom. The van der Waals surface area contributed by atoms with Gasteiger partial charge in [-0.1, -0.05) is 26.7 Å². The molecule has 0 rings (SSSR count). The van der Waals surface area contributed by atoms with E-state index in [2.05, 4.69) is 12.2 Å². The Morgan fingerprint density at radius 3 is 2.54 bits per heavy atom. The highest BCUT2D eigenvalue weighted by atomic mass is 16.3. The van der Waals surface area contributed by atoms with Crippen LogP contribution >= 0.6 is 0 Å². The summed E-state index contributed by atoms with van der Waals surface area (Å²) in [4.78, 5) is 11.2. The predicted octanol–water partition coefficient (Wildman–Crippen LogP) is 1.45. The maximum absolute atomic E-state index is 11.2. The molecule has 1 unspecified atom stereocenters. The van der Waals surface area contributed by atoms with Gasteiger partial charge in [-0.3, -0.25) is 4.79 Å². The van der Waals surface area contributed by atoms with E-state index in [1.165, 1.54) is 0 Å². The van der Waals surface area contributed by atoms with Crippen LogP contribution in [0.4, 0.5) is 0 Å². The zero-order chi connectivity index (χ0) is 10.1. The van der Waals surface area contributed by atoms with Gasteiger partial charge in [0.15, 0.2) is 0 Å². The lowest BCUT2D eigenvalue weighted by atomic mass is 10.2. The van der Waals surface area contributed by atoms with Crippen molar-refractivity contribution in [2.24, 2.45) is 0 Å². The number of carbonyl (C=O) groups is 1. The van der Waals surface area contributed by atoms with E-state index in [0.29, 0.717) is 6.42 Å². The number of hydrogen-bond donors (Lipinski definition) is 2. The summed E-state index contributed by atoms with van der Waals surface area (Å²) >= 11 is 0. The minimum Gasteiger partial charge on any atom is -0.394 e. The van der Waals surface area contributed by atoms with Gasteiger partial charge in [-0.15, -0.1) is 0 Å². The summed E-state index contributed by atoms with van der Waals surface area (Å²) in [5.41, 5.74) is 0. The molecule has 0 saturated carbocycles. The maximum atomic E-state index is 11.2. The first kappa shape index (κ1) is 12.4. The summed E-state index contributed by atoms with van der Waals surface area (Å²) in [5.74, 6) is 0.0642. The SMILES string of the molecule is CCCCCC(=O)NC(CC)CO. The molecular weight excluding hydrogens is 166 g/mol. The topological polar surface area (TPSA) is 49.3 Å². The number of rotatable bonds is 7. The lowest BCUT2D eigenvalue weighted by molar-refractivity contribution is -0.122. The van der Waals surface area contributed by atoms with Crippen molar-refractivity contribution in [3.63, 3.8) is 0 Å². The molecule has 3 nitrogen and oxygen atoms in total. The second kappa shape index (κ2) is 8.05. The average molecular weight is 187 g/mol. The van der Waals surface area contributed by atoms with E-state index in [-0.39, 0.29) is 18.6 Å². The van der Waals surface area contributed by atoms with Crippen LogP contribution in [0.2, 0.25) is 0 Å². The molecule has 0 fully saturated rings. The first-order chi connectivity index (χ1) is 6.24. The zero-order valence-corrected chi connectivity index (χ0v) is 8.68. The number of unbranched alkanes of at least 4 members (excludes halogenated alkanes) is 2. The number of aliphatic hydroxyl groups excluding tert-OH is 1. The van der Waals surface area contributed by atoms with Crippen molar-refractivity contribution in [2.45, 2.75) is 52.0 Å².